The summed E-state index contributed by atoms with van der Waals surface area (Å²) in [7, 11) is 1.82. The SMILES string of the molecule is C[C@@H]1[C@@H]2CN(Cc3cn(C)nn3)[C@@]1(C(=O)O)C2. The van der Waals surface area contributed by atoms with Gasteiger partial charge in [0.05, 0.1) is 5.69 Å². The molecule has 0 aromatic carbocycles. The maximum absolute atomic E-state index is 11.5. The summed E-state index contributed by atoms with van der Waals surface area (Å²) in [4.78, 5) is 13.5. The quantitative estimate of drug-likeness (QED) is 0.806. The molecule has 1 aromatic rings. The minimum Gasteiger partial charge on any atom is -0.480 e. The second-order valence-corrected chi connectivity index (χ2v) is 5.25. The third kappa shape index (κ3) is 1.27. The molecule has 1 N–H and O–H groups in total. The van der Waals surface area contributed by atoms with Crippen molar-refractivity contribution in [1.82, 2.24) is 19.9 Å². The van der Waals surface area contributed by atoms with Gasteiger partial charge in [-0.1, -0.05) is 12.1 Å². The van der Waals surface area contributed by atoms with Gasteiger partial charge < -0.3 is 5.11 Å². The lowest BCUT2D eigenvalue weighted by atomic mass is 9.64. The lowest BCUT2D eigenvalue weighted by Gasteiger charge is -2.44. The average molecular weight is 236 g/mol. The summed E-state index contributed by atoms with van der Waals surface area (Å²) in [6.45, 7) is 3.49. The van der Waals surface area contributed by atoms with Crippen LogP contribution in [0, 0.1) is 11.8 Å². The highest BCUT2D eigenvalue weighted by molar-refractivity contribution is 5.81. The van der Waals surface area contributed by atoms with Crippen molar-refractivity contribution in [3.63, 3.8) is 0 Å². The van der Waals surface area contributed by atoms with Crippen molar-refractivity contribution >= 4 is 5.97 Å². The first kappa shape index (κ1) is 10.7. The number of nitrogens with zero attached hydrogens (tertiary/aromatic N) is 4. The van der Waals surface area contributed by atoms with Gasteiger partial charge in [0, 0.05) is 26.3 Å². The zero-order chi connectivity index (χ0) is 12.2. The number of aliphatic carboxylic acids is 1. The zero-order valence-electron chi connectivity index (χ0n) is 10.00. The van der Waals surface area contributed by atoms with Gasteiger partial charge in [0.15, 0.2) is 0 Å². The van der Waals surface area contributed by atoms with Gasteiger partial charge in [-0.15, -0.1) is 5.10 Å². The van der Waals surface area contributed by atoms with E-state index >= 15 is 0 Å². The Morgan fingerprint density at radius 2 is 2.47 bits per heavy atom. The molecule has 3 atom stereocenters. The monoisotopic (exact) mass is 236 g/mol. The number of aromatic nitrogens is 3. The van der Waals surface area contributed by atoms with Crippen molar-refractivity contribution in [2.24, 2.45) is 18.9 Å². The maximum atomic E-state index is 11.5. The van der Waals surface area contributed by atoms with Crippen molar-refractivity contribution < 1.29 is 9.90 Å². The van der Waals surface area contributed by atoms with E-state index < -0.39 is 11.5 Å². The van der Waals surface area contributed by atoms with E-state index in [0.717, 1.165) is 18.7 Å². The van der Waals surface area contributed by atoms with E-state index in [1.807, 2.05) is 20.2 Å². The molecule has 0 radical (unpaired) electrons. The Hall–Kier alpha value is -1.43. The maximum Gasteiger partial charge on any atom is 0.324 e. The summed E-state index contributed by atoms with van der Waals surface area (Å²) in [5, 5.41) is 17.4. The summed E-state index contributed by atoms with van der Waals surface area (Å²) in [6.07, 6.45) is 2.62. The molecule has 4 rings (SSSR count). The number of rotatable bonds is 3. The van der Waals surface area contributed by atoms with Crippen LogP contribution in [0.25, 0.3) is 0 Å². The minimum atomic E-state index is -0.692. The zero-order valence-corrected chi connectivity index (χ0v) is 10.00. The highest BCUT2D eigenvalue weighted by atomic mass is 16.4. The third-order valence-corrected chi connectivity index (χ3v) is 4.43. The predicted octanol–water partition coefficient (Wildman–Crippen LogP) is 0.110. The number of fused-ring (bicyclic) bond motifs is 1. The van der Waals surface area contributed by atoms with Gasteiger partial charge in [-0.2, -0.15) is 0 Å². The van der Waals surface area contributed by atoms with Crippen LogP contribution in [0.15, 0.2) is 6.20 Å². The molecule has 3 aliphatic rings. The Morgan fingerprint density at radius 1 is 1.71 bits per heavy atom. The van der Waals surface area contributed by atoms with E-state index in [1.165, 1.54) is 0 Å². The molecule has 1 aliphatic carbocycles. The minimum absolute atomic E-state index is 0.247. The predicted molar refractivity (Wildman–Crippen MR) is 59.1 cm³/mol. The lowest BCUT2D eigenvalue weighted by molar-refractivity contribution is -0.157. The van der Waals surface area contributed by atoms with Crippen molar-refractivity contribution in [3.8, 4) is 0 Å². The Balaban J connectivity index is 1.83. The smallest absolute Gasteiger partial charge is 0.324 e. The number of carboxylic acids is 1. The topological polar surface area (TPSA) is 71.2 Å². The van der Waals surface area contributed by atoms with E-state index in [0.29, 0.717) is 12.5 Å². The van der Waals surface area contributed by atoms with Crippen molar-refractivity contribution in [1.29, 1.82) is 0 Å². The van der Waals surface area contributed by atoms with E-state index in [-0.39, 0.29) is 5.92 Å². The van der Waals surface area contributed by atoms with Crippen LogP contribution >= 0.6 is 0 Å². The Kier molecular flexibility index (Phi) is 2.07. The van der Waals surface area contributed by atoms with Crippen LogP contribution in [0.2, 0.25) is 0 Å². The summed E-state index contributed by atoms with van der Waals surface area (Å²) < 4.78 is 1.65. The lowest BCUT2D eigenvalue weighted by Crippen LogP contribution is -2.58. The van der Waals surface area contributed by atoms with Crippen LogP contribution in [-0.4, -0.2) is 43.1 Å². The van der Waals surface area contributed by atoms with Crippen molar-refractivity contribution in [2.75, 3.05) is 6.54 Å². The van der Waals surface area contributed by atoms with Crippen molar-refractivity contribution in [2.45, 2.75) is 25.4 Å². The molecule has 0 unspecified atom stereocenters. The third-order valence-electron chi connectivity index (χ3n) is 4.43. The molecule has 17 heavy (non-hydrogen) atoms. The molecular weight excluding hydrogens is 220 g/mol. The molecule has 1 aromatic heterocycles. The van der Waals surface area contributed by atoms with Gasteiger partial charge in [-0.25, -0.2) is 0 Å². The second kappa shape index (κ2) is 3.29. The standard InChI is InChI=1S/C11H16N4O2/c1-7-8-3-11(7,10(16)17)15(4-8)6-9-5-14(2)13-12-9/h5,7-8H,3-4,6H2,1-2H3,(H,16,17)/t7-,8+,11+/m1/s1. The molecule has 2 bridgehead atoms. The summed E-state index contributed by atoms with van der Waals surface area (Å²) >= 11 is 0. The first-order chi connectivity index (χ1) is 8.04. The van der Waals surface area contributed by atoms with E-state index in [9.17, 15) is 9.90 Å². The van der Waals surface area contributed by atoms with Crippen LogP contribution < -0.4 is 0 Å². The number of carbonyl (C=O) groups is 1. The largest absolute Gasteiger partial charge is 0.480 e. The average Bonchev–Trinajstić information content (AvgIpc) is 2.90. The normalized spacial score (nSPS) is 35.9. The van der Waals surface area contributed by atoms with Gasteiger partial charge >= 0.3 is 5.97 Å². The molecule has 1 saturated carbocycles. The summed E-state index contributed by atoms with van der Waals surface area (Å²) in [6, 6.07) is 0. The van der Waals surface area contributed by atoms with E-state index in [2.05, 4.69) is 15.2 Å². The molecule has 92 valence electrons. The van der Waals surface area contributed by atoms with E-state index in [4.69, 9.17) is 0 Å². The number of hydrogen-bond donors (Lipinski definition) is 1. The molecule has 6 heteroatoms. The molecule has 2 saturated heterocycles. The molecule has 3 heterocycles. The van der Waals surface area contributed by atoms with E-state index in [1.54, 1.807) is 4.68 Å². The molecule has 3 fully saturated rings. The van der Waals surface area contributed by atoms with Gasteiger partial charge in [-0.05, 0) is 18.3 Å². The summed E-state index contributed by atoms with van der Waals surface area (Å²) in [5.41, 5.74) is 0.190. The fraction of sp³-hybridized carbons (Fsp3) is 0.727. The fourth-order valence-electron chi connectivity index (χ4n) is 3.36. The van der Waals surface area contributed by atoms with Crippen LogP contribution in [0.5, 0.6) is 0 Å². The van der Waals surface area contributed by atoms with Crippen LogP contribution in [0.4, 0.5) is 0 Å². The molecule has 2 aliphatic heterocycles. The Bertz CT molecular complexity index is 472. The number of hydrogen-bond acceptors (Lipinski definition) is 4. The van der Waals surface area contributed by atoms with Gasteiger partial charge in [0.2, 0.25) is 0 Å². The Labute approximate surface area is 99.2 Å². The van der Waals surface area contributed by atoms with Crippen LogP contribution in [0.3, 0.4) is 0 Å². The van der Waals surface area contributed by atoms with Gasteiger partial charge in [0.25, 0.3) is 0 Å². The second-order valence-electron chi connectivity index (χ2n) is 5.25. The molecule has 0 amide bonds. The Morgan fingerprint density at radius 3 is 3.00 bits per heavy atom. The molecule has 0 spiro atoms. The molecule has 6 nitrogen and oxygen atoms in total. The first-order valence-electron chi connectivity index (χ1n) is 5.87. The number of aryl methyl sites for hydroxylation is 1. The van der Waals surface area contributed by atoms with Gasteiger partial charge in [0.1, 0.15) is 5.54 Å². The van der Waals surface area contributed by atoms with Crippen molar-refractivity contribution in [3.05, 3.63) is 11.9 Å². The van der Waals surface area contributed by atoms with Gasteiger partial charge in [-0.3, -0.25) is 14.4 Å². The number of carboxylic acid groups (broad SMARTS) is 1. The highest BCUT2D eigenvalue weighted by Gasteiger charge is 2.66. The summed E-state index contributed by atoms with van der Waals surface area (Å²) in [5.74, 6) is 0.0853. The first-order valence-corrected chi connectivity index (χ1v) is 5.87. The highest BCUT2D eigenvalue weighted by Crippen LogP contribution is 2.55. The van der Waals surface area contributed by atoms with Crippen LogP contribution in [-0.2, 0) is 18.4 Å². The molecular formula is C11H16N4O2. The van der Waals surface area contributed by atoms with Crippen LogP contribution in [0.1, 0.15) is 19.0 Å². The fourth-order valence-corrected chi connectivity index (χ4v) is 3.36.